The lowest BCUT2D eigenvalue weighted by Crippen LogP contribution is -2.43. The molecule has 27 heavy (non-hydrogen) atoms. The van der Waals surface area contributed by atoms with Crippen LogP contribution in [-0.4, -0.2) is 23.1 Å². The van der Waals surface area contributed by atoms with Gasteiger partial charge in [0.2, 0.25) is 0 Å². The van der Waals surface area contributed by atoms with E-state index in [-0.39, 0.29) is 5.91 Å². The number of hydrogen-bond donors (Lipinski definition) is 2. The molecule has 4 heteroatoms. The van der Waals surface area contributed by atoms with Crippen LogP contribution in [0.5, 0.6) is 0 Å². The summed E-state index contributed by atoms with van der Waals surface area (Å²) in [5.41, 5.74) is 6.24. The van der Waals surface area contributed by atoms with Crippen molar-refractivity contribution in [1.82, 2.24) is 10.3 Å². The smallest absolute Gasteiger partial charge is 0.252 e. The third-order valence-electron chi connectivity index (χ3n) is 5.59. The average molecular weight is 362 g/mol. The van der Waals surface area contributed by atoms with E-state index in [1.807, 2.05) is 13.0 Å². The largest absolute Gasteiger partial charge is 0.365 e. The molecule has 2 N–H and O–H groups in total. The summed E-state index contributed by atoms with van der Waals surface area (Å²) in [5, 5.41) is 4.29. The maximum absolute atomic E-state index is 12.6. The van der Waals surface area contributed by atoms with Crippen LogP contribution in [0.1, 0.15) is 36.5 Å². The molecule has 1 aromatic heterocycles. The molecule has 1 atom stereocenters. The molecule has 0 spiro atoms. The van der Waals surface area contributed by atoms with Gasteiger partial charge >= 0.3 is 0 Å². The Morgan fingerprint density at radius 2 is 2.00 bits per heavy atom. The van der Waals surface area contributed by atoms with Crippen LogP contribution in [0.25, 0.3) is 22.2 Å². The second kappa shape index (κ2) is 6.86. The molecule has 1 aliphatic heterocycles. The summed E-state index contributed by atoms with van der Waals surface area (Å²) in [6.07, 6.45) is 1.72. The number of fused-ring (bicyclic) bond motifs is 1. The van der Waals surface area contributed by atoms with Gasteiger partial charge in [-0.1, -0.05) is 42.0 Å². The van der Waals surface area contributed by atoms with E-state index in [4.69, 9.17) is 4.74 Å². The lowest BCUT2D eigenvalue weighted by atomic mass is 10.0. The fourth-order valence-corrected chi connectivity index (χ4v) is 4.01. The predicted octanol–water partition coefficient (Wildman–Crippen LogP) is 4.64. The van der Waals surface area contributed by atoms with Crippen molar-refractivity contribution in [1.29, 1.82) is 0 Å². The lowest BCUT2D eigenvalue weighted by Gasteiger charge is -2.22. The van der Waals surface area contributed by atoms with Crippen molar-refractivity contribution >= 4 is 16.8 Å². The first-order chi connectivity index (χ1) is 13.0. The van der Waals surface area contributed by atoms with Crippen molar-refractivity contribution in [3.8, 4) is 11.3 Å². The van der Waals surface area contributed by atoms with Gasteiger partial charge in [0.25, 0.3) is 5.91 Å². The van der Waals surface area contributed by atoms with Gasteiger partial charge in [-0.2, -0.15) is 0 Å². The van der Waals surface area contributed by atoms with Crippen LogP contribution in [0.3, 0.4) is 0 Å². The number of aromatic amines is 1. The van der Waals surface area contributed by atoms with Gasteiger partial charge in [-0.15, -0.1) is 0 Å². The van der Waals surface area contributed by atoms with Gasteiger partial charge < -0.3 is 15.0 Å². The van der Waals surface area contributed by atoms with E-state index in [0.29, 0.717) is 13.2 Å². The maximum Gasteiger partial charge on any atom is 0.252 e. The number of benzene rings is 2. The van der Waals surface area contributed by atoms with Gasteiger partial charge in [0, 0.05) is 24.2 Å². The molecule has 0 bridgehead atoms. The van der Waals surface area contributed by atoms with Gasteiger partial charge in [0.05, 0.1) is 5.52 Å². The summed E-state index contributed by atoms with van der Waals surface area (Å²) < 4.78 is 5.66. The number of aromatic nitrogens is 1. The molecule has 0 saturated carbocycles. The molecule has 0 radical (unpaired) electrons. The van der Waals surface area contributed by atoms with E-state index in [0.717, 1.165) is 29.6 Å². The maximum atomic E-state index is 12.6. The zero-order valence-electron chi connectivity index (χ0n) is 16.2. The highest BCUT2D eigenvalue weighted by Crippen LogP contribution is 2.32. The summed E-state index contributed by atoms with van der Waals surface area (Å²) in [4.78, 5) is 16.2. The first-order valence-corrected chi connectivity index (χ1v) is 9.57. The van der Waals surface area contributed by atoms with Crippen molar-refractivity contribution in [2.24, 2.45) is 0 Å². The minimum absolute atomic E-state index is 0.0267. The molecular formula is C23H26N2O2. The number of amides is 1. The van der Waals surface area contributed by atoms with Crippen LogP contribution < -0.4 is 5.32 Å². The van der Waals surface area contributed by atoms with E-state index in [9.17, 15) is 4.79 Å². The van der Waals surface area contributed by atoms with E-state index in [2.05, 4.69) is 60.5 Å². The van der Waals surface area contributed by atoms with E-state index in [1.165, 1.54) is 22.1 Å². The standard InChI is InChI=1S/C23H26N2O2/c1-15-12-18(14-24-22(26)23(3)10-7-11-27-23)21-19(13-15)16(2)20(25-21)17-8-5-4-6-9-17/h4-6,8-9,12-13,25H,7,10-11,14H2,1-3H3,(H,24,26)/t23-/m1/s1. The molecule has 4 nitrogen and oxygen atoms in total. The number of carbonyl (C=O) groups excluding carboxylic acids is 1. The Labute approximate surface area is 159 Å². The molecule has 1 saturated heterocycles. The van der Waals surface area contributed by atoms with Gasteiger partial charge in [-0.25, -0.2) is 0 Å². The van der Waals surface area contributed by atoms with Crippen molar-refractivity contribution < 1.29 is 9.53 Å². The average Bonchev–Trinajstić information content (AvgIpc) is 3.25. The van der Waals surface area contributed by atoms with Crippen molar-refractivity contribution in [3.05, 3.63) is 59.2 Å². The number of hydrogen-bond acceptors (Lipinski definition) is 2. The monoisotopic (exact) mass is 362 g/mol. The summed E-state index contributed by atoms with van der Waals surface area (Å²) in [6, 6.07) is 14.7. The SMILES string of the molecule is Cc1cc(CNC(=O)[C@@]2(C)CCCO2)c2[nH]c(-c3ccccc3)c(C)c2c1. The highest BCUT2D eigenvalue weighted by Gasteiger charge is 2.37. The molecule has 4 rings (SSSR count). The van der Waals surface area contributed by atoms with Crippen LogP contribution in [0.4, 0.5) is 0 Å². The zero-order valence-corrected chi connectivity index (χ0v) is 16.2. The lowest BCUT2D eigenvalue weighted by molar-refractivity contribution is -0.139. The highest BCUT2D eigenvalue weighted by molar-refractivity contribution is 5.93. The number of aryl methyl sites for hydroxylation is 2. The second-order valence-corrected chi connectivity index (χ2v) is 7.70. The number of nitrogens with one attached hydrogen (secondary N) is 2. The Morgan fingerprint density at radius 1 is 1.22 bits per heavy atom. The van der Waals surface area contributed by atoms with Crippen molar-refractivity contribution in [2.75, 3.05) is 6.61 Å². The number of H-pyrrole nitrogens is 1. The number of rotatable bonds is 4. The molecule has 1 fully saturated rings. The Balaban J connectivity index is 1.67. The van der Waals surface area contributed by atoms with E-state index >= 15 is 0 Å². The zero-order chi connectivity index (χ0) is 19.0. The van der Waals surface area contributed by atoms with Crippen LogP contribution >= 0.6 is 0 Å². The Kier molecular flexibility index (Phi) is 4.52. The molecule has 3 aromatic rings. The fourth-order valence-electron chi connectivity index (χ4n) is 4.01. The van der Waals surface area contributed by atoms with Crippen molar-refractivity contribution in [2.45, 2.75) is 45.8 Å². The Hall–Kier alpha value is -2.59. The molecule has 140 valence electrons. The molecule has 1 aliphatic rings. The molecule has 2 aromatic carbocycles. The Bertz CT molecular complexity index is 983. The molecule has 0 unspecified atom stereocenters. The first-order valence-electron chi connectivity index (χ1n) is 9.57. The van der Waals surface area contributed by atoms with Crippen LogP contribution in [-0.2, 0) is 16.1 Å². The van der Waals surface area contributed by atoms with Crippen LogP contribution in [0, 0.1) is 13.8 Å². The third kappa shape index (κ3) is 3.26. The first kappa shape index (κ1) is 17.8. The molecule has 1 amide bonds. The number of ether oxygens (including phenoxy) is 1. The number of carbonyl (C=O) groups is 1. The third-order valence-corrected chi connectivity index (χ3v) is 5.59. The molecule has 0 aliphatic carbocycles. The minimum atomic E-state index is -0.691. The summed E-state index contributed by atoms with van der Waals surface area (Å²) in [6.45, 7) is 7.28. The minimum Gasteiger partial charge on any atom is -0.365 e. The van der Waals surface area contributed by atoms with Crippen molar-refractivity contribution in [3.63, 3.8) is 0 Å². The van der Waals surface area contributed by atoms with Gasteiger partial charge in [0.1, 0.15) is 5.60 Å². The van der Waals surface area contributed by atoms with Gasteiger partial charge in [-0.05, 0) is 56.4 Å². The Morgan fingerprint density at radius 3 is 2.70 bits per heavy atom. The van der Waals surface area contributed by atoms with E-state index < -0.39 is 5.60 Å². The topological polar surface area (TPSA) is 54.1 Å². The normalized spacial score (nSPS) is 19.5. The quantitative estimate of drug-likeness (QED) is 0.710. The summed E-state index contributed by atoms with van der Waals surface area (Å²) in [5.74, 6) is -0.0267. The van der Waals surface area contributed by atoms with E-state index in [1.54, 1.807) is 0 Å². The highest BCUT2D eigenvalue weighted by atomic mass is 16.5. The second-order valence-electron chi connectivity index (χ2n) is 7.70. The summed E-state index contributed by atoms with van der Waals surface area (Å²) >= 11 is 0. The molecular weight excluding hydrogens is 336 g/mol. The molecule has 2 heterocycles. The van der Waals surface area contributed by atoms with Gasteiger partial charge in [0.15, 0.2) is 0 Å². The summed E-state index contributed by atoms with van der Waals surface area (Å²) in [7, 11) is 0. The predicted molar refractivity (Wildman–Crippen MR) is 109 cm³/mol. The van der Waals surface area contributed by atoms with Crippen LogP contribution in [0.2, 0.25) is 0 Å². The fraction of sp³-hybridized carbons (Fsp3) is 0.348. The van der Waals surface area contributed by atoms with Crippen LogP contribution in [0.15, 0.2) is 42.5 Å². The van der Waals surface area contributed by atoms with Gasteiger partial charge in [-0.3, -0.25) is 4.79 Å².